The van der Waals surface area contributed by atoms with Crippen molar-refractivity contribution in [1.82, 2.24) is 10.6 Å². The number of aliphatic hydroxyl groups excluding tert-OH is 2. The lowest BCUT2D eigenvalue weighted by atomic mass is 9.84. The van der Waals surface area contributed by atoms with Gasteiger partial charge < -0.3 is 62.1 Å². The molecular formula is C21H42FN5O7. The number of aliphatic hydroxyl groups is 3. The van der Waals surface area contributed by atoms with Crippen molar-refractivity contribution in [2.45, 2.75) is 99.1 Å². The summed E-state index contributed by atoms with van der Waals surface area (Å²) >= 11 is 0. The molecule has 200 valence electrons. The Kier molecular flexibility index (Phi) is 10.00. The topological polar surface area (TPSA) is 200 Å². The first-order valence-corrected chi connectivity index (χ1v) is 12.0. The molecule has 2 aliphatic heterocycles. The molecule has 2 heterocycles. The lowest BCUT2D eigenvalue weighted by Gasteiger charge is -2.48. The van der Waals surface area contributed by atoms with Gasteiger partial charge in [0.2, 0.25) is 0 Å². The van der Waals surface area contributed by atoms with Crippen molar-refractivity contribution < 1.29 is 38.7 Å². The smallest absolute Gasteiger partial charge is 0.185 e. The summed E-state index contributed by atoms with van der Waals surface area (Å²) in [5.41, 5.74) is 17.4. The van der Waals surface area contributed by atoms with Gasteiger partial charge in [-0.3, -0.25) is 0 Å². The van der Waals surface area contributed by atoms with E-state index in [4.69, 9.17) is 36.1 Å². The van der Waals surface area contributed by atoms with Crippen molar-refractivity contribution in [3.05, 3.63) is 0 Å². The highest BCUT2D eigenvalue weighted by Crippen LogP contribution is 2.31. The highest BCUT2D eigenvalue weighted by molar-refractivity contribution is 5.02. The third-order valence-electron chi connectivity index (χ3n) is 6.93. The second-order valence-electron chi connectivity index (χ2n) is 9.81. The third kappa shape index (κ3) is 6.41. The Balaban J connectivity index is 1.64. The highest BCUT2D eigenvalue weighted by atomic mass is 19.1. The molecular weight excluding hydrogens is 453 g/mol. The van der Waals surface area contributed by atoms with E-state index in [1.807, 2.05) is 0 Å². The van der Waals surface area contributed by atoms with Gasteiger partial charge in [-0.05, 0) is 33.2 Å². The molecule has 34 heavy (non-hydrogen) atoms. The molecule has 1 aliphatic carbocycles. The molecule has 11 N–H and O–H groups in total. The minimum Gasteiger partial charge on any atom is -0.388 e. The van der Waals surface area contributed by atoms with E-state index in [1.54, 1.807) is 14.0 Å². The second-order valence-corrected chi connectivity index (χ2v) is 9.81. The lowest BCUT2D eigenvalue weighted by Crippen LogP contribution is -2.68. The van der Waals surface area contributed by atoms with Gasteiger partial charge >= 0.3 is 0 Å². The van der Waals surface area contributed by atoms with E-state index >= 15 is 0 Å². The van der Waals surface area contributed by atoms with E-state index in [-0.39, 0.29) is 25.7 Å². The van der Waals surface area contributed by atoms with Crippen LogP contribution in [0.4, 0.5) is 4.39 Å². The van der Waals surface area contributed by atoms with Crippen molar-refractivity contribution in [3.63, 3.8) is 0 Å². The average molecular weight is 496 g/mol. The predicted molar refractivity (Wildman–Crippen MR) is 120 cm³/mol. The van der Waals surface area contributed by atoms with E-state index in [2.05, 4.69) is 10.6 Å². The van der Waals surface area contributed by atoms with Gasteiger partial charge in [0.05, 0.1) is 24.8 Å². The number of hydrogen-bond donors (Lipinski definition) is 8. The molecule has 1 saturated carbocycles. The van der Waals surface area contributed by atoms with Gasteiger partial charge in [0.15, 0.2) is 12.6 Å². The summed E-state index contributed by atoms with van der Waals surface area (Å²) in [7, 11) is 1.61. The van der Waals surface area contributed by atoms with Crippen LogP contribution >= 0.6 is 0 Å². The molecule has 13 heteroatoms. The molecule has 0 amide bonds. The van der Waals surface area contributed by atoms with Gasteiger partial charge in [-0.25, -0.2) is 4.39 Å². The van der Waals surface area contributed by atoms with Crippen LogP contribution in [0.3, 0.4) is 0 Å². The maximum atomic E-state index is 12.4. The maximum Gasteiger partial charge on any atom is 0.185 e. The third-order valence-corrected chi connectivity index (χ3v) is 6.93. The summed E-state index contributed by atoms with van der Waals surface area (Å²) in [4.78, 5) is 0. The van der Waals surface area contributed by atoms with E-state index in [9.17, 15) is 19.7 Å². The van der Waals surface area contributed by atoms with Crippen molar-refractivity contribution in [1.29, 1.82) is 0 Å². The van der Waals surface area contributed by atoms with Crippen LogP contribution in [0.1, 0.15) is 26.2 Å². The molecule has 3 aliphatic rings. The quantitative estimate of drug-likeness (QED) is 0.148. The molecule has 0 aromatic heterocycles. The van der Waals surface area contributed by atoms with Crippen LogP contribution in [0, 0.1) is 0 Å². The normalized spacial score (nSPS) is 48.1. The van der Waals surface area contributed by atoms with Gasteiger partial charge in [0, 0.05) is 25.2 Å². The molecule has 3 fully saturated rings. The number of nitrogens with one attached hydrogen (secondary N) is 2. The Morgan fingerprint density at radius 1 is 1.03 bits per heavy atom. The molecule has 12 nitrogen and oxygen atoms in total. The van der Waals surface area contributed by atoms with Gasteiger partial charge in [0.25, 0.3) is 0 Å². The number of nitrogens with two attached hydrogens (primary N) is 3. The van der Waals surface area contributed by atoms with Crippen LogP contribution in [-0.2, 0) is 18.9 Å². The predicted octanol–water partition coefficient (Wildman–Crippen LogP) is -3.38. The van der Waals surface area contributed by atoms with Crippen molar-refractivity contribution in [3.8, 4) is 0 Å². The number of alkyl halides is 1. The molecule has 6 unspecified atom stereocenters. The molecule has 0 aromatic carbocycles. The number of hydrogen-bond acceptors (Lipinski definition) is 12. The number of ether oxygens (including phenoxy) is 4. The molecule has 0 radical (unpaired) electrons. The number of halogens is 1. The fourth-order valence-electron chi connectivity index (χ4n) is 5.00. The van der Waals surface area contributed by atoms with E-state index in [0.29, 0.717) is 19.4 Å². The monoisotopic (exact) mass is 495 g/mol. The van der Waals surface area contributed by atoms with Crippen molar-refractivity contribution in [2.24, 2.45) is 17.2 Å². The van der Waals surface area contributed by atoms with Crippen molar-refractivity contribution >= 4 is 0 Å². The largest absolute Gasteiger partial charge is 0.388 e. The molecule has 2 saturated heterocycles. The maximum absolute atomic E-state index is 12.4. The second kappa shape index (κ2) is 12.1. The van der Waals surface area contributed by atoms with Crippen LogP contribution in [0.25, 0.3) is 0 Å². The molecule has 12 atom stereocenters. The summed E-state index contributed by atoms with van der Waals surface area (Å²) in [6, 6.07) is -2.38. The Morgan fingerprint density at radius 3 is 2.29 bits per heavy atom. The van der Waals surface area contributed by atoms with Crippen LogP contribution in [-0.4, -0.2) is 122 Å². The summed E-state index contributed by atoms with van der Waals surface area (Å²) < 4.78 is 35.9. The Morgan fingerprint density at radius 2 is 1.68 bits per heavy atom. The van der Waals surface area contributed by atoms with Crippen LogP contribution in [0.5, 0.6) is 0 Å². The Hall–Kier alpha value is -0.550. The summed E-state index contributed by atoms with van der Waals surface area (Å²) in [5.74, 6) is 0. The van der Waals surface area contributed by atoms with Gasteiger partial charge in [-0.1, -0.05) is 0 Å². The highest BCUT2D eigenvalue weighted by Gasteiger charge is 2.50. The first-order valence-electron chi connectivity index (χ1n) is 12.0. The average Bonchev–Trinajstić information content (AvgIpc) is 2.77. The number of rotatable bonds is 9. The standard InChI is InChI=1S/C21H42FN5O7/c1-21(30)9-31-20(15(29)18(21)26-2)34-17-13(25)7-12(24)16(14(17)28)33-19-11(23)4-3-10(32-19)8-27-6-5-22/h10-20,26-30H,3-9,23-25H2,1-2H3/t10-,11?,12-,13+,14?,15?,16?,17?,18+,19+,20+,21?/m0/s1. The fourth-order valence-corrected chi connectivity index (χ4v) is 5.00. The number of likely N-dealkylation sites (N-methyl/N-ethyl adjacent to an activating group) is 1. The SMILES string of the molecule is CN[C@@H]1C(O)[C@@H](OC2C(O)C(O[C@H]3O[C@H](CNCCF)CCC3N)[C@@H](N)C[C@H]2N)OCC1(C)O. The minimum absolute atomic E-state index is 0.0830. The Bertz CT molecular complexity index is 638. The zero-order chi connectivity index (χ0) is 25.0. The van der Waals surface area contributed by atoms with E-state index in [1.165, 1.54) is 0 Å². The summed E-state index contributed by atoms with van der Waals surface area (Å²) in [6.45, 7) is 1.69. The van der Waals surface area contributed by atoms with Gasteiger partial charge in [-0.2, -0.15) is 0 Å². The molecule has 0 aromatic rings. The zero-order valence-electron chi connectivity index (χ0n) is 19.9. The van der Waals surface area contributed by atoms with Crippen molar-refractivity contribution in [2.75, 3.05) is 33.4 Å². The zero-order valence-corrected chi connectivity index (χ0v) is 19.9. The Labute approximate surface area is 199 Å². The van der Waals surface area contributed by atoms with Gasteiger partial charge in [0.1, 0.15) is 36.7 Å². The first kappa shape index (κ1) is 28.0. The van der Waals surface area contributed by atoms with Crippen LogP contribution in [0.2, 0.25) is 0 Å². The summed E-state index contributed by atoms with van der Waals surface area (Å²) in [6.07, 6.45) is -4.83. The van der Waals surface area contributed by atoms with Crippen LogP contribution < -0.4 is 27.8 Å². The minimum atomic E-state index is -1.31. The van der Waals surface area contributed by atoms with E-state index in [0.717, 1.165) is 0 Å². The fraction of sp³-hybridized carbons (Fsp3) is 1.00. The summed E-state index contributed by atoms with van der Waals surface area (Å²) in [5, 5.41) is 38.1. The molecule has 0 spiro atoms. The lowest BCUT2D eigenvalue weighted by molar-refractivity contribution is -0.306. The van der Waals surface area contributed by atoms with Gasteiger partial charge in [-0.15, -0.1) is 0 Å². The molecule has 0 bridgehead atoms. The van der Waals surface area contributed by atoms with Crippen LogP contribution in [0.15, 0.2) is 0 Å². The van der Waals surface area contributed by atoms with E-state index < -0.39 is 73.4 Å². The first-order chi connectivity index (χ1) is 16.1. The molecule has 3 rings (SSSR count).